The number of aliphatic hydroxyl groups excluding tert-OH is 1. The Morgan fingerprint density at radius 2 is 2.35 bits per heavy atom. The van der Waals surface area contributed by atoms with Gasteiger partial charge in [0.2, 0.25) is 0 Å². The molecule has 1 heterocycles. The van der Waals surface area contributed by atoms with E-state index < -0.39 is 4.92 Å². The minimum atomic E-state index is -0.458. The second-order valence-corrected chi connectivity index (χ2v) is 5.33. The monoisotopic (exact) mass is 259 g/mol. The Morgan fingerprint density at radius 1 is 1.65 bits per heavy atom. The standard InChI is InChI=1S/C10H17N3O3S/c1-7(2)3-8(6-14)4-11-10-12-5-9(17-10)13(15)16/h5,7-8,14H,3-4,6H2,1-2H3,(H,11,12)/t8-/m1/s1. The lowest BCUT2D eigenvalue weighted by Crippen LogP contribution is -2.19. The first-order valence-electron chi connectivity index (χ1n) is 5.47. The van der Waals surface area contributed by atoms with Gasteiger partial charge in [0.15, 0.2) is 5.13 Å². The van der Waals surface area contributed by atoms with Gasteiger partial charge in [-0.2, -0.15) is 0 Å². The summed E-state index contributed by atoms with van der Waals surface area (Å²) in [6.45, 7) is 4.88. The van der Waals surface area contributed by atoms with Crippen molar-refractivity contribution >= 4 is 21.5 Å². The molecule has 1 aromatic heterocycles. The Hall–Kier alpha value is -1.21. The summed E-state index contributed by atoms with van der Waals surface area (Å²) in [7, 11) is 0. The summed E-state index contributed by atoms with van der Waals surface area (Å²) in [4.78, 5) is 13.9. The molecular formula is C10H17N3O3S. The van der Waals surface area contributed by atoms with Crippen molar-refractivity contribution in [2.45, 2.75) is 20.3 Å². The molecule has 96 valence electrons. The van der Waals surface area contributed by atoms with E-state index in [1.54, 1.807) is 0 Å². The molecule has 6 nitrogen and oxygen atoms in total. The first-order valence-corrected chi connectivity index (χ1v) is 6.29. The number of nitro groups is 1. The summed E-state index contributed by atoms with van der Waals surface area (Å²) < 4.78 is 0. The van der Waals surface area contributed by atoms with Gasteiger partial charge in [0.05, 0.1) is 4.92 Å². The Balaban J connectivity index is 2.45. The Bertz CT molecular complexity index is 367. The van der Waals surface area contributed by atoms with Crippen LogP contribution in [-0.4, -0.2) is 28.2 Å². The van der Waals surface area contributed by atoms with Crippen LogP contribution < -0.4 is 5.32 Å². The summed E-state index contributed by atoms with van der Waals surface area (Å²) in [5.41, 5.74) is 0. The molecule has 0 saturated heterocycles. The number of hydrogen-bond acceptors (Lipinski definition) is 6. The molecule has 0 aliphatic heterocycles. The minimum absolute atomic E-state index is 0.0249. The Labute approximate surface area is 104 Å². The molecule has 0 saturated carbocycles. The van der Waals surface area contributed by atoms with Crippen LogP contribution in [0.25, 0.3) is 0 Å². The summed E-state index contributed by atoms with van der Waals surface area (Å²) in [5.74, 6) is 0.664. The van der Waals surface area contributed by atoms with E-state index in [-0.39, 0.29) is 17.5 Å². The second-order valence-electron chi connectivity index (χ2n) is 4.32. The molecule has 7 heteroatoms. The van der Waals surface area contributed by atoms with Crippen LogP contribution in [0.4, 0.5) is 10.1 Å². The normalized spacial score (nSPS) is 12.7. The highest BCUT2D eigenvalue weighted by atomic mass is 32.1. The molecule has 17 heavy (non-hydrogen) atoms. The van der Waals surface area contributed by atoms with E-state index in [1.165, 1.54) is 6.20 Å². The van der Waals surface area contributed by atoms with E-state index in [9.17, 15) is 15.2 Å². The first-order chi connectivity index (χ1) is 8.02. The predicted molar refractivity (Wildman–Crippen MR) is 67.3 cm³/mol. The van der Waals surface area contributed by atoms with Crippen LogP contribution in [0, 0.1) is 22.0 Å². The number of nitrogens with one attached hydrogen (secondary N) is 1. The van der Waals surface area contributed by atoms with Crippen LogP contribution >= 0.6 is 11.3 Å². The maximum absolute atomic E-state index is 10.5. The summed E-state index contributed by atoms with van der Waals surface area (Å²) >= 11 is 1.01. The largest absolute Gasteiger partial charge is 0.396 e. The van der Waals surface area contributed by atoms with Crippen molar-refractivity contribution in [1.82, 2.24) is 4.98 Å². The van der Waals surface area contributed by atoms with Crippen molar-refractivity contribution < 1.29 is 10.0 Å². The van der Waals surface area contributed by atoms with Gasteiger partial charge in [0, 0.05) is 13.2 Å². The van der Waals surface area contributed by atoms with Crippen LogP contribution in [0.3, 0.4) is 0 Å². The maximum Gasteiger partial charge on any atom is 0.345 e. The quantitative estimate of drug-likeness (QED) is 0.578. The molecule has 0 unspecified atom stereocenters. The van der Waals surface area contributed by atoms with Gasteiger partial charge >= 0.3 is 5.00 Å². The van der Waals surface area contributed by atoms with E-state index in [4.69, 9.17) is 0 Å². The Kier molecular flexibility index (Phi) is 5.30. The number of rotatable bonds is 7. The molecule has 0 bridgehead atoms. The highest BCUT2D eigenvalue weighted by Gasteiger charge is 2.13. The molecule has 2 N–H and O–H groups in total. The zero-order valence-corrected chi connectivity index (χ0v) is 10.7. The van der Waals surface area contributed by atoms with Crippen molar-refractivity contribution in [2.24, 2.45) is 11.8 Å². The molecule has 0 radical (unpaired) electrons. The minimum Gasteiger partial charge on any atom is -0.396 e. The highest BCUT2D eigenvalue weighted by molar-refractivity contribution is 7.18. The molecular weight excluding hydrogens is 242 g/mol. The van der Waals surface area contributed by atoms with E-state index >= 15 is 0 Å². The lowest BCUT2D eigenvalue weighted by atomic mass is 9.98. The van der Waals surface area contributed by atoms with Gasteiger partial charge in [0.25, 0.3) is 0 Å². The van der Waals surface area contributed by atoms with Crippen LogP contribution in [0.1, 0.15) is 20.3 Å². The van der Waals surface area contributed by atoms with Gasteiger partial charge < -0.3 is 10.4 Å². The molecule has 1 aromatic rings. The van der Waals surface area contributed by atoms with Crippen LogP contribution in [0.2, 0.25) is 0 Å². The molecule has 0 aromatic carbocycles. The molecule has 0 aliphatic rings. The molecule has 0 spiro atoms. The van der Waals surface area contributed by atoms with Crippen LogP contribution in [-0.2, 0) is 0 Å². The molecule has 1 rings (SSSR count). The third-order valence-electron chi connectivity index (χ3n) is 2.28. The van der Waals surface area contributed by atoms with Crippen LogP contribution in [0.15, 0.2) is 6.20 Å². The van der Waals surface area contributed by atoms with E-state index in [0.29, 0.717) is 17.6 Å². The van der Waals surface area contributed by atoms with E-state index in [0.717, 1.165) is 17.8 Å². The fraction of sp³-hybridized carbons (Fsp3) is 0.700. The van der Waals surface area contributed by atoms with Gasteiger partial charge in [-0.25, -0.2) is 4.98 Å². The van der Waals surface area contributed by atoms with Crippen molar-refractivity contribution in [1.29, 1.82) is 0 Å². The topological polar surface area (TPSA) is 88.3 Å². The molecule has 1 atom stereocenters. The molecule has 0 fully saturated rings. The van der Waals surface area contributed by atoms with Gasteiger partial charge in [0.1, 0.15) is 6.20 Å². The second kappa shape index (κ2) is 6.51. The number of aromatic nitrogens is 1. The SMILES string of the molecule is CC(C)C[C@@H](CO)CNc1ncc([N+](=O)[O-])s1. The molecule has 0 aliphatic carbocycles. The number of nitrogens with zero attached hydrogens (tertiary/aromatic N) is 2. The lowest BCUT2D eigenvalue weighted by molar-refractivity contribution is -0.380. The van der Waals surface area contributed by atoms with E-state index in [1.807, 2.05) is 0 Å². The predicted octanol–water partition coefficient (Wildman–Crippen LogP) is 2.12. The lowest BCUT2D eigenvalue weighted by Gasteiger charge is -2.16. The van der Waals surface area contributed by atoms with Crippen LogP contribution in [0.5, 0.6) is 0 Å². The van der Waals surface area contributed by atoms with Gasteiger partial charge in [-0.3, -0.25) is 10.1 Å². The van der Waals surface area contributed by atoms with Crippen molar-refractivity contribution in [3.05, 3.63) is 16.3 Å². The smallest absolute Gasteiger partial charge is 0.345 e. The number of aliphatic hydroxyl groups is 1. The zero-order valence-electron chi connectivity index (χ0n) is 9.92. The fourth-order valence-corrected chi connectivity index (χ4v) is 2.19. The first kappa shape index (κ1) is 13.9. The summed E-state index contributed by atoms with van der Waals surface area (Å²) in [6.07, 6.45) is 2.15. The van der Waals surface area contributed by atoms with E-state index in [2.05, 4.69) is 24.1 Å². The third-order valence-corrected chi connectivity index (χ3v) is 3.19. The fourth-order valence-electron chi connectivity index (χ4n) is 1.55. The molecule has 0 amide bonds. The highest BCUT2D eigenvalue weighted by Crippen LogP contribution is 2.25. The van der Waals surface area contributed by atoms with Gasteiger partial charge in [-0.1, -0.05) is 13.8 Å². The van der Waals surface area contributed by atoms with Gasteiger partial charge in [-0.15, -0.1) is 0 Å². The third kappa shape index (κ3) is 4.66. The number of thiazole rings is 1. The Morgan fingerprint density at radius 3 is 2.82 bits per heavy atom. The number of hydrogen-bond donors (Lipinski definition) is 2. The van der Waals surface area contributed by atoms with Crippen molar-refractivity contribution in [3.8, 4) is 0 Å². The summed E-state index contributed by atoms with van der Waals surface area (Å²) in [6, 6.07) is 0. The van der Waals surface area contributed by atoms with Crippen molar-refractivity contribution in [2.75, 3.05) is 18.5 Å². The summed E-state index contributed by atoms with van der Waals surface area (Å²) in [5, 5.41) is 23.2. The average molecular weight is 259 g/mol. The zero-order chi connectivity index (χ0) is 12.8. The maximum atomic E-state index is 10.5. The average Bonchev–Trinajstić information content (AvgIpc) is 2.72. The van der Waals surface area contributed by atoms with Gasteiger partial charge in [-0.05, 0) is 29.6 Å². The van der Waals surface area contributed by atoms with Crippen molar-refractivity contribution in [3.63, 3.8) is 0 Å². The number of anilines is 1.